The molecule has 0 bridgehead atoms. The minimum atomic E-state index is 0. The highest BCUT2D eigenvalue weighted by atomic mass is 127. The molecular formula is C21H33IN6O. The monoisotopic (exact) mass is 512 g/mol. The van der Waals surface area contributed by atoms with Crippen LogP contribution in [-0.2, 0) is 6.42 Å². The second-order valence-corrected chi connectivity index (χ2v) is 7.31. The van der Waals surface area contributed by atoms with Crippen molar-refractivity contribution in [2.75, 3.05) is 19.6 Å². The van der Waals surface area contributed by atoms with Crippen LogP contribution in [0.1, 0.15) is 57.7 Å². The Morgan fingerprint density at radius 3 is 2.83 bits per heavy atom. The zero-order chi connectivity index (χ0) is 19.4. The van der Waals surface area contributed by atoms with Gasteiger partial charge in [-0.15, -0.1) is 24.0 Å². The van der Waals surface area contributed by atoms with Crippen molar-refractivity contribution in [3.63, 3.8) is 0 Å². The van der Waals surface area contributed by atoms with Crippen LogP contribution in [0, 0.1) is 5.92 Å². The van der Waals surface area contributed by atoms with Crippen LogP contribution < -0.4 is 10.6 Å². The Morgan fingerprint density at radius 2 is 2.07 bits per heavy atom. The molecule has 2 aromatic rings. The summed E-state index contributed by atoms with van der Waals surface area (Å²) < 4.78 is 5.30. The molecule has 0 spiro atoms. The summed E-state index contributed by atoms with van der Waals surface area (Å²) in [6.45, 7) is 4.51. The number of nitrogens with one attached hydrogen (secondary N) is 2. The highest BCUT2D eigenvalue weighted by Gasteiger charge is 2.12. The van der Waals surface area contributed by atoms with Gasteiger partial charge < -0.3 is 15.2 Å². The number of hydrogen-bond acceptors (Lipinski definition) is 5. The lowest BCUT2D eigenvalue weighted by atomic mass is 9.86. The molecule has 1 saturated carbocycles. The molecule has 0 aliphatic heterocycles. The van der Waals surface area contributed by atoms with Gasteiger partial charge in [0.05, 0.1) is 0 Å². The maximum atomic E-state index is 5.30. The second kappa shape index (κ2) is 13.5. The Morgan fingerprint density at radius 1 is 1.21 bits per heavy atom. The number of aromatic nitrogens is 3. The van der Waals surface area contributed by atoms with Gasteiger partial charge in [-0.2, -0.15) is 4.98 Å². The fraction of sp³-hybridized carbons (Fsp3) is 0.619. The van der Waals surface area contributed by atoms with E-state index in [-0.39, 0.29) is 24.0 Å². The third kappa shape index (κ3) is 8.28. The molecule has 2 N–H and O–H groups in total. The molecule has 0 atom stereocenters. The van der Waals surface area contributed by atoms with E-state index in [1.165, 1.54) is 44.9 Å². The van der Waals surface area contributed by atoms with Crippen molar-refractivity contribution in [1.82, 2.24) is 25.8 Å². The van der Waals surface area contributed by atoms with Crippen LogP contribution in [0.3, 0.4) is 0 Å². The summed E-state index contributed by atoms with van der Waals surface area (Å²) in [5, 5.41) is 10.7. The fourth-order valence-electron chi connectivity index (χ4n) is 3.63. The Balaban J connectivity index is 0.00000300. The third-order valence-corrected chi connectivity index (χ3v) is 5.10. The van der Waals surface area contributed by atoms with Crippen LogP contribution in [0.4, 0.5) is 0 Å². The summed E-state index contributed by atoms with van der Waals surface area (Å²) in [6.07, 6.45) is 11.9. The molecule has 2 heterocycles. The average Bonchev–Trinajstić information content (AvgIpc) is 3.21. The van der Waals surface area contributed by atoms with Crippen molar-refractivity contribution in [3.05, 3.63) is 30.2 Å². The van der Waals surface area contributed by atoms with E-state index in [1.807, 2.05) is 18.2 Å². The van der Waals surface area contributed by atoms with Crippen molar-refractivity contribution in [1.29, 1.82) is 0 Å². The molecular weight excluding hydrogens is 479 g/mol. The quantitative estimate of drug-likeness (QED) is 0.227. The highest BCUT2D eigenvalue weighted by Crippen LogP contribution is 2.27. The van der Waals surface area contributed by atoms with Gasteiger partial charge >= 0.3 is 0 Å². The topological polar surface area (TPSA) is 88.2 Å². The molecule has 0 amide bonds. The van der Waals surface area contributed by atoms with Crippen molar-refractivity contribution in [2.45, 2.75) is 58.3 Å². The number of aliphatic imine (C=N–C) groups is 1. The first-order valence-corrected chi connectivity index (χ1v) is 10.6. The fourth-order valence-corrected chi connectivity index (χ4v) is 3.63. The summed E-state index contributed by atoms with van der Waals surface area (Å²) in [7, 11) is 0. The molecule has 1 aliphatic rings. The van der Waals surface area contributed by atoms with Crippen LogP contribution in [0.25, 0.3) is 11.6 Å². The van der Waals surface area contributed by atoms with Crippen LogP contribution in [-0.4, -0.2) is 40.7 Å². The normalized spacial score (nSPS) is 15.0. The van der Waals surface area contributed by atoms with Gasteiger partial charge in [-0.1, -0.05) is 43.3 Å². The first kappa shape index (κ1) is 23.6. The van der Waals surface area contributed by atoms with Gasteiger partial charge in [0.15, 0.2) is 11.8 Å². The largest absolute Gasteiger partial charge is 0.357 e. The van der Waals surface area contributed by atoms with Crippen molar-refractivity contribution in [3.8, 4) is 11.6 Å². The van der Waals surface area contributed by atoms with Crippen LogP contribution in [0.15, 0.2) is 33.9 Å². The molecule has 1 fully saturated rings. The molecule has 8 heteroatoms. The second-order valence-electron chi connectivity index (χ2n) is 7.31. The van der Waals surface area contributed by atoms with E-state index in [1.54, 1.807) is 6.20 Å². The lowest BCUT2D eigenvalue weighted by Gasteiger charge is -2.20. The van der Waals surface area contributed by atoms with E-state index in [4.69, 9.17) is 9.52 Å². The predicted molar refractivity (Wildman–Crippen MR) is 126 cm³/mol. The van der Waals surface area contributed by atoms with Gasteiger partial charge in [-0.25, -0.2) is 0 Å². The number of nitrogens with zero attached hydrogens (tertiary/aromatic N) is 4. The van der Waals surface area contributed by atoms with E-state index >= 15 is 0 Å². The van der Waals surface area contributed by atoms with E-state index in [0.717, 1.165) is 25.0 Å². The Hall–Kier alpha value is -1.71. The Labute approximate surface area is 190 Å². The molecule has 2 aromatic heterocycles. The number of rotatable bonds is 9. The smallest absolute Gasteiger partial charge is 0.276 e. The minimum absolute atomic E-state index is 0. The number of pyridine rings is 1. The Kier molecular flexibility index (Phi) is 11.0. The molecule has 7 nitrogen and oxygen atoms in total. The first-order valence-electron chi connectivity index (χ1n) is 10.6. The molecule has 0 saturated heterocycles. The van der Waals surface area contributed by atoms with Crippen LogP contribution in [0.5, 0.6) is 0 Å². The SMILES string of the molecule is CCNC(=NCCCC1CCCCC1)NCCc1noc(-c2ccccn2)n1.I. The van der Waals surface area contributed by atoms with Gasteiger partial charge in [0, 0.05) is 32.3 Å². The van der Waals surface area contributed by atoms with E-state index < -0.39 is 0 Å². The van der Waals surface area contributed by atoms with Gasteiger partial charge in [0.2, 0.25) is 0 Å². The molecule has 3 rings (SSSR count). The third-order valence-electron chi connectivity index (χ3n) is 5.10. The number of guanidine groups is 1. The molecule has 0 aromatic carbocycles. The zero-order valence-electron chi connectivity index (χ0n) is 17.3. The molecule has 0 unspecified atom stereocenters. The lowest BCUT2D eigenvalue weighted by Crippen LogP contribution is -2.38. The number of hydrogen-bond donors (Lipinski definition) is 2. The van der Waals surface area contributed by atoms with Crippen molar-refractivity contribution in [2.24, 2.45) is 10.9 Å². The molecule has 160 valence electrons. The number of halogens is 1. The summed E-state index contributed by atoms with van der Waals surface area (Å²) in [6, 6.07) is 5.63. The molecule has 0 radical (unpaired) electrons. The maximum Gasteiger partial charge on any atom is 0.276 e. The van der Waals surface area contributed by atoms with Gasteiger partial charge in [-0.05, 0) is 37.8 Å². The standard InChI is InChI=1S/C21H32N6O.HI/c1-2-22-21(24-15-8-11-17-9-4-3-5-10-17)25-16-13-19-26-20(28-27-19)18-12-6-7-14-23-18;/h6-7,12,14,17H,2-5,8-11,13,15-16H2,1H3,(H2,22,24,25);1H. The Bertz CT molecular complexity index is 715. The molecule has 29 heavy (non-hydrogen) atoms. The lowest BCUT2D eigenvalue weighted by molar-refractivity contribution is 0.334. The van der Waals surface area contributed by atoms with Gasteiger partial charge in [0.1, 0.15) is 5.69 Å². The highest BCUT2D eigenvalue weighted by molar-refractivity contribution is 14.0. The summed E-state index contributed by atoms with van der Waals surface area (Å²) in [5.41, 5.74) is 0.696. The minimum Gasteiger partial charge on any atom is -0.357 e. The zero-order valence-corrected chi connectivity index (χ0v) is 19.6. The average molecular weight is 512 g/mol. The van der Waals surface area contributed by atoms with Crippen LogP contribution >= 0.6 is 24.0 Å². The maximum absolute atomic E-state index is 5.30. The summed E-state index contributed by atoms with van der Waals surface area (Å²) >= 11 is 0. The van der Waals surface area contributed by atoms with E-state index in [9.17, 15) is 0 Å². The van der Waals surface area contributed by atoms with E-state index in [0.29, 0.717) is 30.4 Å². The molecule has 1 aliphatic carbocycles. The first-order chi connectivity index (χ1) is 13.8. The summed E-state index contributed by atoms with van der Waals surface area (Å²) in [4.78, 5) is 13.3. The predicted octanol–water partition coefficient (Wildman–Crippen LogP) is 4.21. The van der Waals surface area contributed by atoms with Crippen LogP contribution in [0.2, 0.25) is 0 Å². The van der Waals surface area contributed by atoms with Gasteiger partial charge in [0.25, 0.3) is 5.89 Å². The van der Waals surface area contributed by atoms with Crippen molar-refractivity contribution < 1.29 is 4.52 Å². The van der Waals surface area contributed by atoms with Crippen molar-refractivity contribution >= 4 is 29.9 Å². The van der Waals surface area contributed by atoms with Gasteiger partial charge in [-0.3, -0.25) is 9.98 Å². The summed E-state index contributed by atoms with van der Waals surface area (Å²) in [5.74, 6) is 2.91. The van der Waals surface area contributed by atoms with E-state index in [2.05, 4.69) is 32.7 Å².